The largest absolute Gasteiger partial charge is 0.326 e. The predicted molar refractivity (Wildman–Crippen MR) is 78.5 cm³/mol. The van der Waals surface area contributed by atoms with E-state index in [4.69, 9.17) is 23.2 Å². The molecular formula is C14H18Cl2N2. The summed E-state index contributed by atoms with van der Waals surface area (Å²) in [6, 6.07) is 5.82. The molecule has 2 nitrogen and oxygen atoms in total. The number of nitrogens with zero attached hydrogens (tertiary/aromatic N) is 2. The van der Waals surface area contributed by atoms with Crippen LogP contribution >= 0.6 is 23.2 Å². The van der Waals surface area contributed by atoms with Gasteiger partial charge in [0.05, 0.1) is 21.4 Å². The number of benzene rings is 1. The van der Waals surface area contributed by atoms with Crippen LogP contribution in [0.15, 0.2) is 18.2 Å². The fourth-order valence-electron chi connectivity index (χ4n) is 2.21. The van der Waals surface area contributed by atoms with E-state index >= 15 is 0 Å². The minimum absolute atomic E-state index is 0.102. The summed E-state index contributed by atoms with van der Waals surface area (Å²) in [5.41, 5.74) is 1.94. The normalized spacial score (nSPS) is 13.1. The van der Waals surface area contributed by atoms with Crippen molar-refractivity contribution in [3.63, 3.8) is 0 Å². The van der Waals surface area contributed by atoms with Crippen LogP contribution < -0.4 is 0 Å². The first kappa shape index (κ1) is 13.7. The van der Waals surface area contributed by atoms with Crippen molar-refractivity contribution in [2.24, 2.45) is 0 Å². The van der Waals surface area contributed by atoms with E-state index in [1.54, 1.807) is 0 Å². The van der Waals surface area contributed by atoms with Gasteiger partial charge in [-0.05, 0) is 25.5 Å². The van der Waals surface area contributed by atoms with Crippen molar-refractivity contribution in [2.75, 3.05) is 0 Å². The third-order valence-electron chi connectivity index (χ3n) is 3.09. The monoisotopic (exact) mass is 284 g/mol. The number of rotatable bonds is 5. The van der Waals surface area contributed by atoms with Crippen molar-refractivity contribution in [1.82, 2.24) is 9.55 Å². The molecule has 1 aromatic heterocycles. The number of aryl methyl sites for hydroxylation is 1. The molecule has 0 radical (unpaired) electrons. The van der Waals surface area contributed by atoms with Crippen molar-refractivity contribution in [1.29, 1.82) is 0 Å². The van der Waals surface area contributed by atoms with Gasteiger partial charge in [-0.3, -0.25) is 0 Å². The van der Waals surface area contributed by atoms with Crippen LogP contribution in [0.5, 0.6) is 0 Å². The molecule has 0 bridgehead atoms. The number of hydrogen-bond acceptors (Lipinski definition) is 1. The number of fused-ring (bicyclic) bond motifs is 1. The third kappa shape index (κ3) is 2.65. The highest BCUT2D eigenvalue weighted by Gasteiger charge is 2.16. The summed E-state index contributed by atoms with van der Waals surface area (Å²) in [7, 11) is 0. The fourth-order valence-corrected chi connectivity index (χ4v) is 2.65. The second-order valence-corrected chi connectivity index (χ2v) is 5.61. The maximum absolute atomic E-state index is 6.29. The Morgan fingerprint density at radius 1 is 1.33 bits per heavy atom. The van der Waals surface area contributed by atoms with Gasteiger partial charge in [0.1, 0.15) is 5.82 Å². The topological polar surface area (TPSA) is 17.8 Å². The SMILES string of the molecule is CCCCCn1c(C(C)Cl)nc2cccc(Cl)c21. The molecule has 4 heteroatoms. The molecule has 0 aliphatic heterocycles. The van der Waals surface area contributed by atoms with Gasteiger partial charge < -0.3 is 4.57 Å². The molecule has 0 amide bonds. The summed E-state index contributed by atoms with van der Waals surface area (Å²) in [5, 5.41) is 0.648. The minimum Gasteiger partial charge on any atom is -0.326 e. The van der Waals surface area contributed by atoms with Crippen LogP contribution in [0.25, 0.3) is 11.0 Å². The van der Waals surface area contributed by atoms with Crippen LogP contribution in [-0.2, 0) is 6.54 Å². The molecule has 0 saturated heterocycles. The average molecular weight is 285 g/mol. The lowest BCUT2D eigenvalue weighted by molar-refractivity contribution is 0.591. The lowest BCUT2D eigenvalue weighted by Crippen LogP contribution is -2.04. The van der Waals surface area contributed by atoms with E-state index in [1.165, 1.54) is 12.8 Å². The summed E-state index contributed by atoms with van der Waals surface area (Å²) >= 11 is 12.5. The van der Waals surface area contributed by atoms with E-state index in [9.17, 15) is 0 Å². The van der Waals surface area contributed by atoms with Crippen LogP contribution in [0.1, 0.15) is 44.3 Å². The number of hydrogen-bond donors (Lipinski definition) is 0. The molecule has 0 spiro atoms. The fraction of sp³-hybridized carbons (Fsp3) is 0.500. The Hall–Kier alpha value is -0.730. The third-order valence-corrected chi connectivity index (χ3v) is 3.59. The van der Waals surface area contributed by atoms with Gasteiger partial charge >= 0.3 is 0 Å². The molecule has 1 unspecified atom stereocenters. The molecule has 0 saturated carbocycles. The number of para-hydroxylation sites is 1. The highest BCUT2D eigenvalue weighted by molar-refractivity contribution is 6.35. The smallest absolute Gasteiger partial charge is 0.127 e. The van der Waals surface area contributed by atoms with E-state index in [0.717, 1.165) is 34.8 Å². The summed E-state index contributed by atoms with van der Waals surface area (Å²) < 4.78 is 2.17. The quantitative estimate of drug-likeness (QED) is 0.546. The van der Waals surface area contributed by atoms with Crippen molar-refractivity contribution in [2.45, 2.75) is 45.0 Å². The van der Waals surface area contributed by atoms with Crippen molar-refractivity contribution in [3.05, 3.63) is 29.0 Å². The van der Waals surface area contributed by atoms with Gasteiger partial charge in [-0.15, -0.1) is 11.6 Å². The molecule has 1 heterocycles. The molecule has 0 aliphatic carbocycles. The first-order valence-corrected chi connectivity index (χ1v) is 7.25. The molecular weight excluding hydrogens is 267 g/mol. The van der Waals surface area contributed by atoms with Crippen LogP contribution in [0.4, 0.5) is 0 Å². The highest BCUT2D eigenvalue weighted by atomic mass is 35.5. The zero-order valence-corrected chi connectivity index (χ0v) is 12.3. The zero-order valence-electron chi connectivity index (χ0n) is 10.8. The second kappa shape index (κ2) is 5.94. The number of imidazole rings is 1. The molecule has 0 aliphatic rings. The Bertz CT molecular complexity index is 532. The van der Waals surface area contributed by atoms with Crippen LogP contribution in [0.2, 0.25) is 5.02 Å². The van der Waals surface area contributed by atoms with E-state index in [0.29, 0.717) is 0 Å². The van der Waals surface area contributed by atoms with Crippen LogP contribution in [-0.4, -0.2) is 9.55 Å². The van der Waals surface area contributed by atoms with Crippen LogP contribution in [0.3, 0.4) is 0 Å². The lowest BCUT2D eigenvalue weighted by atomic mass is 10.2. The Balaban J connectivity index is 2.47. The predicted octanol–water partition coefficient (Wildman–Crippen LogP) is 5.18. The summed E-state index contributed by atoms with van der Waals surface area (Å²) in [6.07, 6.45) is 3.54. The van der Waals surface area contributed by atoms with Gasteiger partial charge in [-0.25, -0.2) is 4.98 Å². The molecule has 2 rings (SSSR count). The van der Waals surface area contributed by atoms with Gasteiger partial charge in [0.25, 0.3) is 0 Å². The standard InChI is InChI=1S/C14H18Cl2N2/c1-3-4-5-9-18-13-11(16)7-6-8-12(13)17-14(18)10(2)15/h6-8,10H,3-5,9H2,1-2H3. The lowest BCUT2D eigenvalue weighted by Gasteiger charge is -2.10. The van der Waals surface area contributed by atoms with E-state index in [-0.39, 0.29) is 5.38 Å². The Morgan fingerprint density at radius 2 is 2.11 bits per heavy atom. The second-order valence-electron chi connectivity index (χ2n) is 4.55. The molecule has 18 heavy (non-hydrogen) atoms. The van der Waals surface area contributed by atoms with Gasteiger partial charge in [0.2, 0.25) is 0 Å². The zero-order chi connectivity index (χ0) is 13.1. The maximum atomic E-state index is 6.29. The van der Waals surface area contributed by atoms with Gasteiger partial charge in [0.15, 0.2) is 0 Å². The number of halogens is 2. The first-order valence-electron chi connectivity index (χ1n) is 6.44. The average Bonchev–Trinajstić information content (AvgIpc) is 2.70. The molecule has 2 aromatic rings. The first-order chi connectivity index (χ1) is 8.65. The molecule has 1 atom stereocenters. The summed E-state index contributed by atoms with van der Waals surface area (Å²) in [5.74, 6) is 0.913. The Morgan fingerprint density at radius 3 is 2.78 bits per heavy atom. The van der Waals surface area contributed by atoms with Gasteiger partial charge in [0, 0.05) is 6.54 Å². The molecule has 0 fully saturated rings. The number of aromatic nitrogens is 2. The Labute approximate surface area is 118 Å². The number of alkyl halides is 1. The highest BCUT2D eigenvalue weighted by Crippen LogP contribution is 2.29. The number of unbranched alkanes of at least 4 members (excludes halogenated alkanes) is 2. The summed E-state index contributed by atoms with van der Waals surface area (Å²) in [6.45, 7) is 5.08. The molecule has 98 valence electrons. The van der Waals surface area contributed by atoms with Crippen molar-refractivity contribution >= 4 is 34.2 Å². The molecule has 1 aromatic carbocycles. The van der Waals surface area contributed by atoms with Crippen molar-refractivity contribution in [3.8, 4) is 0 Å². The van der Waals surface area contributed by atoms with E-state index in [2.05, 4.69) is 16.5 Å². The molecule has 0 N–H and O–H groups in total. The van der Waals surface area contributed by atoms with Gasteiger partial charge in [-0.2, -0.15) is 0 Å². The Kier molecular flexibility index (Phi) is 4.52. The van der Waals surface area contributed by atoms with Gasteiger partial charge in [-0.1, -0.05) is 37.4 Å². The maximum Gasteiger partial charge on any atom is 0.127 e. The van der Waals surface area contributed by atoms with E-state index < -0.39 is 0 Å². The van der Waals surface area contributed by atoms with E-state index in [1.807, 2.05) is 25.1 Å². The van der Waals surface area contributed by atoms with Crippen molar-refractivity contribution < 1.29 is 0 Å². The van der Waals surface area contributed by atoms with Crippen LogP contribution in [0, 0.1) is 0 Å². The minimum atomic E-state index is -0.102. The summed E-state index contributed by atoms with van der Waals surface area (Å²) in [4.78, 5) is 4.60.